The van der Waals surface area contributed by atoms with Gasteiger partial charge in [0.25, 0.3) is 0 Å². The molecule has 0 saturated heterocycles. The maximum absolute atomic E-state index is 4.42. The standard InChI is InChI=1S/C15H25N3/c1-3-16-15-14(9-6-10-17-15)12-18(2)11-13-7-4-5-8-13/h6,9-10,13H,3-5,7-8,11-12H2,1-2H3,(H,16,17). The number of hydrogen-bond donors (Lipinski definition) is 1. The lowest BCUT2D eigenvalue weighted by Gasteiger charge is -2.21. The molecular weight excluding hydrogens is 222 g/mol. The highest BCUT2D eigenvalue weighted by Gasteiger charge is 2.17. The SMILES string of the molecule is CCNc1ncccc1CN(C)CC1CCCC1. The van der Waals surface area contributed by atoms with Crippen molar-refractivity contribution >= 4 is 5.82 Å². The Morgan fingerprint density at radius 2 is 2.17 bits per heavy atom. The summed E-state index contributed by atoms with van der Waals surface area (Å²) in [7, 11) is 2.22. The van der Waals surface area contributed by atoms with Crippen molar-refractivity contribution in [3.8, 4) is 0 Å². The number of anilines is 1. The van der Waals surface area contributed by atoms with Crippen LogP contribution in [0.2, 0.25) is 0 Å². The zero-order chi connectivity index (χ0) is 12.8. The topological polar surface area (TPSA) is 28.2 Å². The molecule has 1 saturated carbocycles. The normalized spacial score (nSPS) is 16.4. The molecule has 1 aromatic rings. The van der Waals surface area contributed by atoms with Crippen LogP contribution in [0.3, 0.4) is 0 Å². The van der Waals surface area contributed by atoms with Crippen LogP contribution in [0, 0.1) is 5.92 Å². The number of aromatic nitrogens is 1. The highest BCUT2D eigenvalue weighted by Crippen LogP contribution is 2.25. The van der Waals surface area contributed by atoms with E-state index in [-0.39, 0.29) is 0 Å². The van der Waals surface area contributed by atoms with Crippen molar-refractivity contribution in [2.75, 3.05) is 25.5 Å². The summed E-state index contributed by atoms with van der Waals surface area (Å²) in [6, 6.07) is 4.20. The maximum atomic E-state index is 4.42. The molecule has 0 amide bonds. The van der Waals surface area contributed by atoms with E-state index in [1.54, 1.807) is 0 Å². The largest absolute Gasteiger partial charge is 0.370 e. The lowest BCUT2D eigenvalue weighted by Crippen LogP contribution is -2.24. The van der Waals surface area contributed by atoms with Gasteiger partial charge in [-0.3, -0.25) is 0 Å². The quantitative estimate of drug-likeness (QED) is 0.837. The fraction of sp³-hybridized carbons (Fsp3) is 0.667. The highest BCUT2D eigenvalue weighted by molar-refractivity contribution is 5.43. The molecule has 0 radical (unpaired) electrons. The van der Waals surface area contributed by atoms with E-state index in [4.69, 9.17) is 0 Å². The summed E-state index contributed by atoms with van der Waals surface area (Å²) in [4.78, 5) is 6.85. The lowest BCUT2D eigenvalue weighted by atomic mass is 10.1. The summed E-state index contributed by atoms with van der Waals surface area (Å²) in [6.07, 6.45) is 7.54. The van der Waals surface area contributed by atoms with E-state index >= 15 is 0 Å². The summed E-state index contributed by atoms with van der Waals surface area (Å²) < 4.78 is 0. The van der Waals surface area contributed by atoms with Crippen LogP contribution in [0.15, 0.2) is 18.3 Å². The molecule has 18 heavy (non-hydrogen) atoms. The van der Waals surface area contributed by atoms with E-state index in [1.165, 1.54) is 37.8 Å². The first-order valence-corrected chi connectivity index (χ1v) is 7.16. The third-order valence-electron chi connectivity index (χ3n) is 3.72. The zero-order valence-electron chi connectivity index (χ0n) is 11.7. The van der Waals surface area contributed by atoms with Crippen molar-refractivity contribution in [3.05, 3.63) is 23.9 Å². The molecule has 1 aliphatic rings. The van der Waals surface area contributed by atoms with Gasteiger partial charge in [0.05, 0.1) is 0 Å². The molecule has 0 bridgehead atoms. The lowest BCUT2D eigenvalue weighted by molar-refractivity contribution is 0.271. The Bertz CT molecular complexity index is 359. The number of hydrogen-bond acceptors (Lipinski definition) is 3. The van der Waals surface area contributed by atoms with Gasteiger partial charge in [0, 0.05) is 31.4 Å². The van der Waals surface area contributed by atoms with Crippen LogP contribution in [0.5, 0.6) is 0 Å². The van der Waals surface area contributed by atoms with Crippen LogP contribution in [-0.4, -0.2) is 30.0 Å². The molecule has 0 aromatic carbocycles. The van der Waals surface area contributed by atoms with Gasteiger partial charge in [-0.1, -0.05) is 18.9 Å². The van der Waals surface area contributed by atoms with Gasteiger partial charge >= 0.3 is 0 Å². The van der Waals surface area contributed by atoms with Crippen molar-refractivity contribution in [2.24, 2.45) is 5.92 Å². The monoisotopic (exact) mass is 247 g/mol. The second-order valence-electron chi connectivity index (χ2n) is 5.39. The number of nitrogens with zero attached hydrogens (tertiary/aromatic N) is 2. The molecule has 0 unspecified atom stereocenters. The van der Waals surface area contributed by atoms with E-state index in [0.717, 1.165) is 24.8 Å². The van der Waals surface area contributed by atoms with Crippen molar-refractivity contribution in [1.29, 1.82) is 0 Å². The predicted molar refractivity (Wildman–Crippen MR) is 76.7 cm³/mol. The average molecular weight is 247 g/mol. The Balaban J connectivity index is 1.90. The molecule has 3 heteroatoms. The molecule has 2 rings (SSSR count). The molecule has 1 fully saturated rings. The van der Waals surface area contributed by atoms with E-state index in [0.29, 0.717) is 0 Å². The van der Waals surface area contributed by atoms with Crippen LogP contribution < -0.4 is 5.32 Å². The van der Waals surface area contributed by atoms with Gasteiger partial charge in [-0.05, 0) is 38.8 Å². The smallest absolute Gasteiger partial charge is 0.130 e. The van der Waals surface area contributed by atoms with Crippen LogP contribution in [-0.2, 0) is 6.54 Å². The molecule has 1 heterocycles. The molecule has 1 N–H and O–H groups in total. The average Bonchev–Trinajstić information content (AvgIpc) is 2.84. The van der Waals surface area contributed by atoms with Crippen LogP contribution in [0.1, 0.15) is 38.2 Å². The fourth-order valence-electron chi connectivity index (χ4n) is 2.88. The summed E-state index contributed by atoms with van der Waals surface area (Å²) >= 11 is 0. The van der Waals surface area contributed by atoms with Crippen LogP contribution in [0.4, 0.5) is 5.82 Å². The predicted octanol–water partition coefficient (Wildman–Crippen LogP) is 3.14. The molecule has 1 aromatic heterocycles. The summed E-state index contributed by atoms with van der Waals surface area (Å²) in [5.74, 6) is 1.95. The maximum Gasteiger partial charge on any atom is 0.130 e. The van der Waals surface area contributed by atoms with Crippen molar-refractivity contribution in [3.63, 3.8) is 0 Å². The van der Waals surface area contributed by atoms with Crippen LogP contribution in [0.25, 0.3) is 0 Å². The van der Waals surface area contributed by atoms with Gasteiger partial charge in [-0.25, -0.2) is 4.98 Å². The van der Waals surface area contributed by atoms with E-state index < -0.39 is 0 Å². The first-order chi connectivity index (χ1) is 8.79. The van der Waals surface area contributed by atoms with Crippen molar-refractivity contribution in [1.82, 2.24) is 9.88 Å². The first kappa shape index (κ1) is 13.3. The Morgan fingerprint density at radius 1 is 1.39 bits per heavy atom. The number of pyridine rings is 1. The Morgan fingerprint density at radius 3 is 2.89 bits per heavy atom. The molecule has 0 atom stereocenters. The van der Waals surface area contributed by atoms with E-state index in [9.17, 15) is 0 Å². The van der Waals surface area contributed by atoms with Gasteiger partial charge < -0.3 is 10.2 Å². The van der Waals surface area contributed by atoms with Gasteiger partial charge in [0.15, 0.2) is 0 Å². The third kappa shape index (κ3) is 3.70. The molecule has 0 aliphatic heterocycles. The first-order valence-electron chi connectivity index (χ1n) is 7.16. The minimum Gasteiger partial charge on any atom is -0.370 e. The minimum atomic E-state index is 0.911. The Kier molecular flexibility index (Phi) is 5.00. The third-order valence-corrected chi connectivity index (χ3v) is 3.72. The molecular formula is C15H25N3. The van der Waals surface area contributed by atoms with Gasteiger partial charge in [0.2, 0.25) is 0 Å². The Hall–Kier alpha value is -1.09. The second kappa shape index (κ2) is 6.74. The highest BCUT2D eigenvalue weighted by atomic mass is 15.1. The van der Waals surface area contributed by atoms with Crippen molar-refractivity contribution in [2.45, 2.75) is 39.2 Å². The number of rotatable bonds is 6. The summed E-state index contributed by atoms with van der Waals surface area (Å²) in [5, 5.41) is 3.34. The van der Waals surface area contributed by atoms with E-state index in [1.807, 2.05) is 12.3 Å². The zero-order valence-corrected chi connectivity index (χ0v) is 11.7. The molecule has 3 nitrogen and oxygen atoms in total. The van der Waals surface area contributed by atoms with Gasteiger partial charge in [-0.2, -0.15) is 0 Å². The molecule has 100 valence electrons. The second-order valence-corrected chi connectivity index (χ2v) is 5.39. The fourth-order valence-corrected chi connectivity index (χ4v) is 2.88. The van der Waals surface area contributed by atoms with E-state index in [2.05, 4.69) is 35.2 Å². The molecule has 1 aliphatic carbocycles. The summed E-state index contributed by atoms with van der Waals surface area (Å²) in [5.41, 5.74) is 1.31. The summed E-state index contributed by atoms with van der Waals surface area (Å²) in [6.45, 7) is 5.25. The number of nitrogens with one attached hydrogen (secondary N) is 1. The van der Waals surface area contributed by atoms with Crippen LogP contribution >= 0.6 is 0 Å². The molecule has 0 spiro atoms. The van der Waals surface area contributed by atoms with Gasteiger partial charge in [-0.15, -0.1) is 0 Å². The minimum absolute atomic E-state index is 0.911. The van der Waals surface area contributed by atoms with Gasteiger partial charge in [0.1, 0.15) is 5.82 Å². The Labute approximate surface area is 111 Å². The van der Waals surface area contributed by atoms with Crippen molar-refractivity contribution < 1.29 is 0 Å².